The van der Waals surface area contributed by atoms with Crippen molar-refractivity contribution in [1.29, 1.82) is 0 Å². The first-order chi connectivity index (χ1) is 8.35. The zero-order valence-electron chi connectivity index (χ0n) is 10.9. The molecule has 0 bridgehead atoms. The van der Waals surface area contributed by atoms with Gasteiger partial charge in [0.1, 0.15) is 0 Å². The highest BCUT2D eigenvalue weighted by molar-refractivity contribution is 5.07. The van der Waals surface area contributed by atoms with E-state index >= 15 is 0 Å². The summed E-state index contributed by atoms with van der Waals surface area (Å²) in [5.41, 5.74) is 1.31. The van der Waals surface area contributed by atoms with Gasteiger partial charge in [-0.1, -0.05) is 6.92 Å². The predicted molar refractivity (Wildman–Crippen MR) is 67.9 cm³/mol. The molecule has 2 heterocycles. The van der Waals surface area contributed by atoms with Crippen LogP contribution in [-0.2, 0) is 11.3 Å². The molecule has 1 N–H and O–H groups in total. The summed E-state index contributed by atoms with van der Waals surface area (Å²) in [5, 5.41) is 7.93. The molecule has 2 atom stereocenters. The molecule has 1 aromatic heterocycles. The number of ether oxygens (including phenoxy) is 1. The summed E-state index contributed by atoms with van der Waals surface area (Å²) in [6.45, 7) is 8.07. The van der Waals surface area contributed by atoms with Gasteiger partial charge >= 0.3 is 0 Å². The molecular formula is C13H23N3O. The number of nitrogens with zero attached hydrogens (tertiary/aromatic N) is 2. The molecule has 0 aliphatic carbocycles. The van der Waals surface area contributed by atoms with Gasteiger partial charge in [0.05, 0.1) is 5.69 Å². The number of hydrogen-bond acceptors (Lipinski definition) is 3. The van der Waals surface area contributed by atoms with Gasteiger partial charge in [-0.05, 0) is 38.3 Å². The van der Waals surface area contributed by atoms with E-state index in [-0.39, 0.29) is 0 Å². The summed E-state index contributed by atoms with van der Waals surface area (Å²) in [7, 11) is 0. The molecule has 0 aromatic carbocycles. The van der Waals surface area contributed by atoms with Crippen LogP contribution < -0.4 is 5.32 Å². The summed E-state index contributed by atoms with van der Waals surface area (Å²) in [6, 6.07) is 2.54. The monoisotopic (exact) mass is 237 g/mol. The van der Waals surface area contributed by atoms with Crippen LogP contribution in [0.5, 0.6) is 0 Å². The van der Waals surface area contributed by atoms with Gasteiger partial charge in [0.15, 0.2) is 0 Å². The van der Waals surface area contributed by atoms with E-state index in [1.165, 1.54) is 12.1 Å². The highest BCUT2D eigenvalue weighted by Crippen LogP contribution is 2.26. The number of rotatable bonds is 6. The lowest BCUT2D eigenvalue weighted by atomic mass is 9.97. The second-order valence-corrected chi connectivity index (χ2v) is 4.65. The second kappa shape index (κ2) is 6.17. The van der Waals surface area contributed by atoms with E-state index in [1.54, 1.807) is 0 Å². The van der Waals surface area contributed by atoms with E-state index in [0.29, 0.717) is 12.0 Å². The van der Waals surface area contributed by atoms with Gasteiger partial charge in [-0.25, -0.2) is 0 Å². The van der Waals surface area contributed by atoms with Gasteiger partial charge in [-0.3, -0.25) is 4.68 Å². The van der Waals surface area contributed by atoms with Gasteiger partial charge < -0.3 is 10.1 Å². The van der Waals surface area contributed by atoms with Crippen molar-refractivity contribution in [3.05, 3.63) is 18.0 Å². The summed E-state index contributed by atoms with van der Waals surface area (Å²) < 4.78 is 7.55. The third-order valence-corrected chi connectivity index (χ3v) is 3.45. The summed E-state index contributed by atoms with van der Waals surface area (Å²) in [4.78, 5) is 0. The summed E-state index contributed by atoms with van der Waals surface area (Å²) in [5.74, 6) is 0.694. The van der Waals surface area contributed by atoms with Gasteiger partial charge in [0.2, 0.25) is 0 Å². The molecule has 0 radical (unpaired) electrons. The molecule has 2 unspecified atom stereocenters. The third-order valence-electron chi connectivity index (χ3n) is 3.45. The highest BCUT2D eigenvalue weighted by atomic mass is 16.5. The Kier molecular flexibility index (Phi) is 4.57. The molecule has 1 fully saturated rings. The van der Waals surface area contributed by atoms with E-state index in [9.17, 15) is 0 Å². The average Bonchev–Trinajstić information content (AvgIpc) is 2.98. The number of aryl methyl sites for hydroxylation is 1. The van der Waals surface area contributed by atoms with E-state index in [1.807, 2.05) is 6.20 Å². The van der Waals surface area contributed by atoms with Crippen molar-refractivity contribution in [2.75, 3.05) is 19.8 Å². The number of hydrogen-bond donors (Lipinski definition) is 1. The van der Waals surface area contributed by atoms with Crippen molar-refractivity contribution in [3.63, 3.8) is 0 Å². The van der Waals surface area contributed by atoms with Crippen molar-refractivity contribution in [3.8, 4) is 0 Å². The third kappa shape index (κ3) is 3.07. The van der Waals surface area contributed by atoms with Crippen LogP contribution in [0.15, 0.2) is 12.3 Å². The fourth-order valence-electron chi connectivity index (χ4n) is 2.56. The second-order valence-electron chi connectivity index (χ2n) is 4.65. The van der Waals surface area contributed by atoms with Gasteiger partial charge in [0.25, 0.3) is 0 Å². The summed E-state index contributed by atoms with van der Waals surface area (Å²) >= 11 is 0. The highest BCUT2D eigenvalue weighted by Gasteiger charge is 2.23. The van der Waals surface area contributed by atoms with Crippen LogP contribution in [0.4, 0.5) is 0 Å². The number of aromatic nitrogens is 2. The lowest BCUT2D eigenvalue weighted by Crippen LogP contribution is -2.26. The molecular weight excluding hydrogens is 214 g/mol. The van der Waals surface area contributed by atoms with Gasteiger partial charge in [-0.2, -0.15) is 5.10 Å². The van der Waals surface area contributed by atoms with Gasteiger partial charge in [0, 0.05) is 32.0 Å². The molecule has 1 aliphatic rings. The Balaban J connectivity index is 2.04. The maximum Gasteiger partial charge on any atom is 0.0553 e. The Labute approximate surface area is 103 Å². The van der Waals surface area contributed by atoms with Crippen molar-refractivity contribution < 1.29 is 4.74 Å². The smallest absolute Gasteiger partial charge is 0.0553 e. The van der Waals surface area contributed by atoms with Crippen molar-refractivity contribution >= 4 is 0 Å². The maximum absolute atomic E-state index is 5.46. The Morgan fingerprint density at radius 2 is 2.47 bits per heavy atom. The maximum atomic E-state index is 5.46. The number of nitrogens with one attached hydrogen (secondary N) is 1. The molecule has 0 saturated carbocycles. The molecule has 1 saturated heterocycles. The lowest BCUT2D eigenvalue weighted by molar-refractivity contribution is 0.181. The average molecular weight is 237 g/mol. The van der Waals surface area contributed by atoms with Crippen molar-refractivity contribution in [1.82, 2.24) is 15.1 Å². The predicted octanol–water partition coefficient (Wildman–Crippen LogP) is 1.98. The van der Waals surface area contributed by atoms with E-state index in [0.717, 1.165) is 32.7 Å². The zero-order valence-corrected chi connectivity index (χ0v) is 10.9. The van der Waals surface area contributed by atoms with Crippen LogP contribution in [-0.4, -0.2) is 29.5 Å². The van der Waals surface area contributed by atoms with Gasteiger partial charge in [-0.15, -0.1) is 0 Å². The first-order valence-corrected chi connectivity index (χ1v) is 6.68. The molecule has 4 nitrogen and oxygen atoms in total. The van der Waals surface area contributed by atoms with Crippen LogP contribution in [0.25, 0.3) is 0 Å². The topological polar surface area (TPSA) is 39.1 Å². The fourth-order valence-corrected chi connectivity index (χ4v) is 2.56. The molecule has 2 rings (SSSR count). The minimum Gasteiger partial charge on any atom is -0.381 e. The van der Waals surface area contributed by atoms with Crippen molar-refractivity contribution in [2.24, 2.45) is 5.92 Å². The van der Waals surface area contributed by atoms with Crippen LogP contribution in [0.3, 0.4) is 0 Å². The largest absolute Gasteiger partial charge is 0.381 e. The minimum atomic E-state index is 0.411. The van der Waals surface area contributed by atoms with Crippen molar-refractivity contribution in [2.45, 2.75) is 39.3 Å². The minimum absolute atomic E-state index is 0.411. The molecule has 96 valence electrons. The molecule has 4 heteroatoms. The molecule has 0 spiro atoms. The van der Waals surface area contributed by atoms with Crippen LogP contribution >= 0.6 is 0 Å². The van der Waals surface area contributed by atoms with Crippen LogP contribution in [0, 0.1) is 5.92 Å². The van der Waals surface area contributed by atoms with E-state index in [2.05, 4.69) is 35.0 Å². The Morgan fingerprint density at radius 3 is 3.12 bits per heavy atom. The van der Waals surface area contributed by atoms with Crippen LogP contribution in [0.1, 0.15) is 38.4 Å². The quantitative estimate of drug-likeness (QED) is 0.822. The molecule has 17 heavy (non-hydrogen) atoms. The Hall–Kier alpha value is -0.870. The first-order valence-electron chi connectivity index (χ1n) is 6.68. The van der Waals surface area contributed by atoms with E-state index < -0.39 is 0 Å². The van der Waals surface area contributed by atoms with E-state index in [4.69, 9.17) is 4.74 Å². The Bertz CT molecular complexity index is 331. The fraction of sp³-hybridized carbons (Fsp3) is 0.769. The Morgan fingerprint density at radius 1 is 1.59 bits per heavy atom. The normalized spacial score (nSPS) is 21.9. The zero-order chi connectivity index (χ0) is 12.1. The summed E-state index contributed by atoms with van der Waals surface area (Å²) in [6.07, 6.45) is 4.25. The lowest BCUT2D eigenvalue weighted by Gasteiger charge is -2.21. The SMILES string of the molecule is CCNC(CC1CCOC1)c1ccnn1CC. The standard InChI is InChI=1S/C13H23N3O/c1-3-14-12(9-11-6-8-17-10-11)13-5-7-15-16(13)4-2/h5,7,11-12,14H,3-4,6,8-10H2,1-2H3. The van der Waals surface area contributed by atoms with Crippen LogP contribution in [0.2, 0.25) is 0 Å². The molecule has 1 aromatic rings. The first kappa shape index (κ1) is 12.6. The molecule has 1 aliphatic heterocycles. The molecule has 0 amide bonds.